The summed E-state index contributed by atoms with van der Waals surface area (Å²) in [6.07, 6.45) is 4.79. The summed E-state index contributed by atoms with van der Waals surface area (Å²) in [6.45, 7) is 3.67. The van der Waals surface area contributed by atoms with E-state index in [9.17, 15) is 5.11 Å². The molecule has 1 aliphatic heterocycles. The van der Waals surface area contributed by atoms with E-state index in [2.05, 4.69) is 44.5 Å². The number of aliphatic hydroxyl groups excluding tert-OH is 1. The first-order valence-corrected chi connectivity index (χ1v) is 8.89. The summed E-state index contributed by atoms with van der Waals surface area (Å²) in [5, 5.41) is 22.9. The zero-order valence-electron chi connectivity index (χ0n) is 15.0. The third kappa shape index (κ3) is 3.08. The Hall–Kier alpha value is -2.74. The van der Waals surface area contributed by atoms with Gasteiger partial charge in [-0.05, 0) is 48.2 Å². The van der Waals surface area contributed by atoms with Crippen molar-refractivity contribution in [3.63, 3.8) is 0 Å². The van der Waals surface area contributed by atoms with E-state index >= 15 is 0 Å². The maximum Gasteiger partial charge on any atom is 0.250 e. The minimum Gasteiger partial charge on any atom is -0.385 e. The lowest BCUT2D eigenvalue weighted by molar-refractivity contribution is 0.0822. The minimum absolute atomic E-state index is 0.191. The number of hydrogen-bond acceptors (Lipinski definition) is 6. The van der Waals surface area contributed by atoms with Crippen LogP contribution in [0.15, 0.2) is 36.7 Å². The quantitative estimate of drug-likeness (QED) is 0.768. The molecule has 8 heteroatoms. The SMILES string of the molecule is Cc1ccc(-n2nnnc2N2CCC(C(O)c3nccn3C)CC2)cc1. The van der Waals surface area contributed by atoms with Gasteiger partial charge in [0.05, 0.1) is 5.69 Å². The molecule has 1 aromatic carbocycles. The molecule has 3 heterocycles. The number of nitrogens with zero attached hydrogens (tertiary/aromatic N) is 7. The van der Waals surface area contributed by atoms with E-state index < -0.39 is 6.10 Å². The van der Waals surface area contributed by atoms with Gasteiger partial charge >= 0.3 is 0 Å². The van der Waals surface area contributed by atoms with Gasteiger partial charge in [-0.2, -0.15) is 4.68 Å². The minimum atomic E-state index is -0.537. The molecule has 136 valence electrons. The Morgan fingerprint density at radius 2 is 1.88 bits per heavy atom. The molecule has 0 aliphatic carbocycles. The van der Waals surface area contributed by atoms with Gasteiger partial charge < -0.3 is 14.6 Å². The molecule has 0 spiro atoms. The molecule has 0 radical (unpaired) electrons. The fourth-order valence-corrected chi connectivity index (χ4v) is 3.52. The molecular weight excluding hydrogens is 330 g/mol. The third-order valence-electron chi connectivity index (χ3n) is 5.12. The van der Waals surface area contributed by atoms with Crippen LogP contribution in [0.3, 0.4) is 0 Å². The predicted octanol–water partition coefficient (Wildman–Crippen LogP) is 1.65. The Morgan fingerprint density at radius 3 is 2.54 bits per heavy atom. The Labute approximate surface area is 152 Å². The molecule has 1 aliphatic rings. The number of hydrogen-bond donors (Lipinski definition) is 1. The zero-order valence-corrected chi connectivity index (χ0v) is 15.0. The Morgan fingerprint density at radius 1 is 1.15 bits per heavy atom. The Bertz CT molecular complexity index is 862. The summed E-state index contributed by atoms with van der Waals surface area (Å²) >= 11 is 0. The molecule has 0 bridgehead atoms. The van der Waals surface area contributed by atoms with Crippen molar-refractivity contribution >= 4 is 5.95 Å². The highest BCUT2D eigenvalue weighted by Crippen LogP contribution is 2.31. The van der Waals surface area contributed by atoms with Gasteiger partial charge in [0.2, 0.25) is 5.95 Å². The molecule has 2 aromatic heterocycles. The number of tetrazole rings is 1. The summed E-state index contributed by atoms with van der Waals surface area (Å²) in [5.41, 5.74) is 2.15. The van der Waals surface area contributed by atoms with Crippen molar-refractivity contribution in [3.05, 3.63) is 48.0 Å². The molecule has 1 N–H and O–H groups in total. The van der Waals surface area contributed by atoms with Crippen LogP contribution in [0.2, 0.25) is 0 Å². The van der Waals surface area contributed by atoms with Crippen molar-refractivity contribution in [2.45, 2.75) is 25.9 Å². The number of aryl methyl sites for hydroxylation is 2. The topological polar surface area (TPSA) is 84.9 Å². The van der Waals surface area contributed by atoms with Crippen LogP contribution >= 0.6 is 0 Å². The van der Waals surface area contributed by atoms with E-state index in [4.69, 9.17) is 0 Å². The monoisotopic (exact) mass is 353 g/mol. The van der Waals surface area contributed by atoms with Crippen molar-refractivity contribution in [1.29, 1.82) is 0 Å². The maximum atomic E-state index is 10.6. The highest BCUT2D eigenvalue weighted by atomic mass is 16.3. The summed E-state index contributed by atoms with van der Waals surface area (Å²) in [7, 11) is 1.91. The van der Waals surface area contributed by atoms with Crippen LogP contribution in [0.5, 0.6) is 0 Å². The first-order valence-electron chi connectivity index (χ1n) is 8.89. The number of aliphatic hydroxyl groups is 1. The fourth-order valence-electron chi connectivity index (χ4n) is 3.52. The van der Waals surface area contributed by atoms with Crippen LogP contribution in [0.4, 0.5) is 5.95 Å². The normalized spacial score (nSPS) is 16.8. The fraction of sp³-hybridized carbons (Fsp3) is 0.444. The number of piperidine rings is 1. The summed E-state index contributed by atoms with van der Waals surface area (Å²) in [5.74, 6) is 1.67. The highest BCUT2D eigenvalue weighted by Gasteiger charge is 2.30. The lowest BCUT2D eigenvalue weighted by Gasteiger charge is -2.34. The first kappa shape index (κ1) is 16.7. The average molecular weight is 353 g/mol. The van der Waals surface area contributed by atoms with E-state index in [0.717, 1.165) is 43.4 Å². The molecule has 8 nitrogen and oxygen atoms in total. The predicted molar refractivity (Wildman–Crippen MR) is 97.0 cm³/mol. The molecule has 26 heavy (non-hydrogen) atoms. The number of benzene rings is 1. The van der Waals surface area contributed by atoms with Crippen LogP contribution in [0.1, 0.15) is 30.3 Å². The largest absolute Gasteiger partial charge is 0.385 e. The van der Waals surface area contributed by atoms with E-state index in [1.54, 1.807) is 10.9 Å². The van der Waals surface area contributed by atoms with Crippen LogP contribution in [-0.4, -0.2) is 48.0 Å². The number of anilines is 1. The molecule has 4 rings (SSSR count). The van der Waals surface area contributed by atoms with E-state index in [1.807, 2.05) is 29.9 Å². The van der Waals surface area contributed by atoms with E-state index in [-0.39, 0.29) is 5.92 Å². The van der Waals surface area contributed by atoms with Crippen LogP contribution in [0, 0.1) is 12.8 Å². The second kappa shape index (κ2) is 6.87. The van der Waals surface area contributed by atoms with Crippen LogP contribution in [0.25, 0.3) is 5.69 Å². The standard InChI is InChI=1S/C18H23N7O/c1-13-3-5-15(6-4-13)25-18(20-21-22-25)24-10-7-14(8-11-24)16(26)17-19-9-12-23(17)2/h3-6,9,12,14,16,26H,7-8,10-11H2,1-2H3. The maximum absolute atomic E-state index is 10.6. The lowest BCUT2D eigenvalue weighted by atomic mass is 9.91. The lowest BCUT2D eigenvalue weighted by Crippen LogP contribution is -2.37. The Kier molecular flexibility index (Phi) is 4.42. The average Bonchev–Trinajstić information content (AvgIpc) is 3.31. The molecule has 3 aromatic rings. The van der Waals surface area contributed by atoms with Gasteiger partial charge in [-0.15, -0.1) is 0 Å². The molecule has 0 amide bonds. The summed E-state index contributed by atoms with van der Waals surface area (Å²) in [4.78, 5) is 6.47. The molecule has 1 atom stereocenters. The highest BCUT2D eigenvalue weighted by molar-refractivity contribution is 5.42. The summed E-state index contributed by atoms with van der Waals surface area (Å²) in [6, 6.07) is 8.14. The third-order valence-corrected chi connectivity index (χ3v) is 5.12. The van der Waals surface area contributed by atoms with E-state index in [0.29, 0.717) is 0 Å². The molecule has 1 saturated heterocycles. The smallest absolute Gasteiger partial charge is 0.250 e. The van der Waals surface area contributed by atoms with Gasteiger partial charge in [-0.25, -0.2) is 4.98 Å². The van der Waals surface area contributed by atoms with Crippen molar-refractivity contribution < 1.29 is 5.11 Å². The van der Waals surface area contributed by atoms with Gasteiger partial charge in [-0.1, -0.05) is 22.8 Å². The van der Waals surface area contributed by atoms with Gasteiger partial charge in [0.25, 0.3) is 0 Å². The van der Waals surface area contributed by atoms with Crippen molar-refractivity contribution in [2.75, 3.05) is 18.0 Å². The van der Waals surface area contributed by atoms with Gasteiger partial charge in [0.1, 0.15) is 11.9 Å². The Balaban J connectivity index is 1.47. The molecular formula is C18H23N7O. The van der Waals surface area contributed by atoms with Gasteiger partial charge in [0, 0.05) is 32.5 Å². The summed E-state index contributed by atoms with van der Waals surface area (Å²) < 4.78 is 3.66. The van der Waals surface area contributed by atoms with Gasteiger partial charge in [0.15, 0.2) is 0 Å². The number of aromatic nitrogens is 6. The number of rotatable bonds is 4. The molecule has 1 unspecified atom stereocenters. The van der Waals surface area contributed by atoms with Crippen LogP contribution in [-0.2, 0) is 7.05 Å². The second-order valence-electron chi connectivity index (χ2n) is 6.89. The molecule has 1 fully saturated rings. The number of imidazole rings is 1. The molecule has 0 saturated carbocycles. The first-order chi connectivity index (χ1) is 12.6. The van der Waals surface area contributed by atoms with Crippen molar-refractivity contribution in [2.24, 2.45) is 13.0 Å². The van der Waals surface area contributed by atoms with Crippen molar-refractivity contribution in [3.8, 4) is 5.69 Å². The second-order valence-corrected chi connectivity index (χ2v) is 6.89. The van der Waals surface area contributed by atoms with Crippen LogP contribution < -0.4 is 4.90 Å². The van der Waals surface area contributed by atoms with E-state index in [1.165, 1.54) is 5.56 Å². The van der Waals surface area contributed by atoms with Gasteiger partial charge in [-0.3, -0.25) is 0 Å². The zero-order chi connectivity index (χ0) is 18.1. The van der Waals surface area contributed by atoms with Crippen molar-refractivity contribution in [1.82, 2.24) is 29.8 Å².